The van der Waals surface area contributed by atoms with Gasteiger partial charge < -0.3 is 9.14 Å². The van der Waals surface area contributed by atoms with E-state index in [1.165, 1.54) is 0 Å². The topological polar surface area (TPSA) is 57.2 Å². The fourth-order valence-electron chi connectivity index (χ4n) is 3.61. The van der Waals surface area contributed by atoms with Crippen molar-refractivity contribution >= 4 is 5.65 Å². The Morgan fingerprint density at radius 2 is 1.73 bits per heavy atom. The van der Waals surface area contributed by atoms with Crippen molar-refractivity contribution in [3.8, 4) is 28.3 Å². The first-order chi connectivity index (χ1) is 14.7. The molecule has 0 unspecified atom stereocenters. The number of aryl methyl sites for hydroxylation is 2. The van der Waals surface area contributed by atoms with Crippen LogP contribution in [0.5, 0.6) is 5.88 Å². The first-order valence-electron chi connectivity index (χ1n) is 9.79. The minimum absolute atomic E-state index is 0.444. The highest BCUT2D eigenvalue weighted by Crippen LogP contribution is 2.29. The summed E-state index contributed by atoms with van der Waals surface area (Å²) in [5.41, 5.74) is 7.24. The molecule has 4 heterocycles. The van der Waals surface area contributed by atoms with Crippen LogP contribution in [0.4, 0.5) is 0 Å². The zero-order chi connectivity index (χ0) is 20.5. The number of benzene rings is 1. The number of hydrogen-bond acceptors (Lipinski definition) is 4. The largest absolute Gasteiger partial charge is 0.471 e. The molecule has 5 aromatic rings. The standard InChI is InChI=1S/C24H21N5O/c1-17-23(26-22-5-3-4-14-29(17)22)20-8-6-18(7-9-20)16-30-24-21(15-28(2)27-24)19-10-12-25-13-11-19/h3-15H,16H2,1-2H3. The van der Waals surface area contributed by atoms with Gasteiger partial charge in [-0.2, -0.15) is 0 Å². The summed E-state index contributed by atoms with van der Waals surface area (Å²) < 4.78 is 9.91. The number of ether oxygens (including phenoxy) is 1. The third kappa shape index (κ3) is 3.33. The molecule has 4 aromatic heterocycles. The lowest BCUT2D eigenvalue weighted by molar-refractivity contribution is 0.292. The third-order valence-corrected chi connectivity index (χ3v) is 5.16. The minimum atomic E-state index is 0.444. The zero-order valence-electron chi connectivity index (χ0n) is 16.9. The van der Waals surface area contributed by atoms with Gasteiger partial charge in [-0.1, -0.05) is 30.3 Å². The Hall–Kier alpha value is -3.93. The second-order valence-electron chi connectivity index (χ2n) is 7.22. The first kappa shape index (κ1) is 18.1. The van der Waals surface area contributed by atoms with Crippen LogP contribution in [-0.4, -0.2) is 24.1 Å². The van der Waals surface area contributed by atoms with Gasteiger partial charge in [0.2, 0.25) is 5.88 Å². The molecule has 0 spiro atoms. The third-order valence-electron chi connectivity index (χ3n) is 5.16. The van der Waals surface area contributed by atoms with Crippen molar-refractivity contribution in [2.45, 2.75) is 13.5 Å². The summed E-state index contributed by atoms with van der Waals surface area (Å²) in [6.45, 7) is 2.54. The van der Waals surface area contributed by atoms with Crippen molar-refractivity contribution in [2.75, 3.05) is 0 Å². The molecule has 0 fully saturated rings. The van der Waals surface area contributed by atoms with E-state index in [1.54, 1.807) is 17.1 Å². The Labute approximate surface area is 174 Å². The van der Waals surface area contributed by atoms with Crippen LogP contribution in [0.25, 0.3) is 28.0 Å². The summed E-state index contributed by atoms with van der Waals surface area (Å²) in [5.74, 6) is 0.615. The minimum Gasteiger partial charge on any atom is -0.471 e. The van der Waals surface area contributed by atoms with Crippen LogP contribution in [0, 0.1) is 6.92 Å². The summed E-state index contributed by atoms with van der Waals surface area (Å²) in [6.07, 6.45) is 7.54. The van der Waals surface area contributed by atoms with Crippen molar-refractivity contribution in [1.82, 2.24) is 24.1 Å². The molecule has 1 aromatic carbocycles. The van der Waals surface area contributed by atoms with Crippen molar-refractivity contribution < 1.29 is 4.74 Å². The molecule has 0 N–H and O–H groups in total. The van der Waals surface area contributed by atoms with Gasteiger partial charge in [0, 0.05) is 43.1 Å². The predicted molar refractivity (Wildman–Crippen MR) is 116 cm³/mol. The van der Waals surface area contributed by atoms with Gasteiger partial charge >= 0.3 is 0 Å². The number of nitrogens with zero attached hydrogens (tertiary/aromatic N) is 5. The second kappa shape index (κ2) is 7.48. The van der Waals surface area contributed by atoms with Crippen molar-refractivity contribution in [3.05, 3.63) is 90.6 Å². The van der Waals surface area contributed by atoms with Gasteiger partial charge in [-0.3, -0.25) is 9.67 Å². The molecule has 0 aliphatic carbocycles. The summed E-state index contributed by atoms with van der Waals surface area (Å²) in [7, 11) is 1.89. The molecule has 0 atom stereocenters. The predicted octanol–water partition coefficient (Wildman–Crippen LogP) is 4.68. The molecule has 148 valence electrons. The fourth-order valence-corrected chi connectivity index (χ4v) is 3.61. The molecule has 0 aliphatic rings. The van der Waals surface area contributed by atoms with Crippen LogP contribution in [-0.2, 0) is 13.7 Å². The zero-order valence-corrected chi connectivity index (χ0v) is 16.9. The molecular formula is C24H21N5O. The van der Waals surface area contributed by atoms with Gasteiger partial charge in [0.25, 0.3) is 0 Å². The molecule has 0 saturated heterocycles. The van der Waals surface area contributed by atoms with Crippen LogP contribution in [0.3, 0.4) is 0 Å². The van der Waals surface area contributed by atoms with Crippen molar-refractivity contribution in [1.29, 1.82) is 0 Å². The summed E-state index contributed by atoms with van der Waals surface area (Å²) in [5, 5.41) is 4.46. The number of rotatable bonds is 5. The quantitative estimate of drug-likeness (QED) is 0.433. The van der Waals surface area contributed by atoms with E-state index < -0.39 is 0 Å². The summed E-state index contributed by atoms with van der Waals surface area (Å²) in [6, 6.07) is 18.3. The number of aromatic nitrogens is 5. The first-order valence-corrected chi connectivity index (χ1v) is 9.79. The molecule has 0 aliphatic heterocycles. The number of hydrogen-bond donors (Lipinski definition) is 0. The molecule has 5 rings (SSSR count). The molecule has 0 amide bonds. The highest BCUT2D eigenvalue weighted by atomic mass is 16.5. The summed E-state index contributed by atoms with van der Waals surface area (Å²) in [4.78, 5) is 8.85. The van der Waals surface area contributed by atoms with E-state index in [0.29, 0.717) is 12.5 Å². The highest BCUT2D eigenvalue weighted by Gasteiger charge is 2.13. The number of pyridine rings is 2. The Bertz CT molecular complexity index is 1300. The Morgan fingerprint density at radius 1 is 0.933 bits per heavy atom. The van der Waals surface area contributed by atoms with Crippen LogP contribution in [0.15, 0.2) is 79.4 Å². The second-order valence-corrected chi connectivity index (χ2v) is 7.22. The SMILES string of the molecule is Cc1c(-c2ccc(COc3nn(C)cc3-c3ccncc3)cc2)nc2ccccn12. The average Bonchev–Trinajstić information content (AvgIpc) is 3.33. The average molecular weight is 395 g/mol. The molecule has 0 saturated carbocycles. The Morgan fingerprint density at radius 3 is 2.50 bits per heavy atom. The van der Waals surface area contributed by atoms with Gasteiger partial charge in [-0.05, 0) is 42.3 Å². The van der Waals surface area contributed by atoms with Crippen LogP contribution >= 0.6 is 0 Å². The maximum absolute atomic E-state index is 6.04. The fraction of sp³-hybridized carbons (Fsp3) is 0.125. The monoisotopic (exact) mass is 395 g/mol. The molecular weight excluding hydrogens is 374 g/mol. The van der Waals surface area contributed by atoms with Crippen molar-refractivity contribution in [2.24, 2.45) is 7.05 Å². The van der Waals surface area contributed by atoms with Crippen LogP contribution in [0.1, 0.15) is 11.3 Å². The van der Waals surface area contributed by atoms with Crippen molar-refractivity contribution in [3.63, 3.8) is 0 Å². The number of imidazole rings is 1. The molecule has 0 radical (unpaired) electrons. The lowest BCUT2D eigenvalue weighted by Crippen LogP contribution is -1.98. The van der Waals surface area contributed by atoms with E-state index >= 15 is 0 Å². The lowest BCUT2D eigenvalue weighted by Gasteiger charge is -2.07. The van der Waals surface area contributed by atoms with E-state index in [2.05, 4.69) is 45.7 Å². The van der Waals surface area contributed by atoms with E-state index in [0.717, 1.165) is 39.3 Å². The molecule has 6 heteroatoms. The maximum Gasteiger partial charge on any atom is 0.241 e. The molecule has 0 bridgehead atoms. The molecule has 6 nitrogen and oxygen atoms in total. The number of fused-ring (bicyclic) bond motifs is 1. The Kier molecular flexibility index (Phi) is 4.52. The van der Waals surface area contributed by atoms with Gasteiger partial charge in [-0.15, -0.1) is 5.10 Å². The van der Waals surface area contributed by atoms with Gasteiger partial charge in [0.05, 0.1) is 11.3 Å². The van der Waals surface area contributed by atoms with E-state index in [-0.39, 0.29) is 0 Å². The smallest absolute Gasteiger partial charge is 0.241 e. The van der Waals surface area contributed by atoms with Gasteiger partial charge in [0.1, 0.15) is 12.3 Å². The van der Waals surface area contributed by atoms with Crippen LogP contribution < -0.4 is 4.74 Å². The van der Waals surface area contributed by atoms with E-state index in [4.69, 9.17) is 9.72 Å². The van der Waals surface area contributed by atoms with Gasteiger partial charge in [-0.25, -0.2) is 4.98 Å². The summed E-state index contributed by atoms with van der Waals surface area (Å²) >= 11 is 0. The van der Waals surface area contributed by atoms with E-state index in [1.807, 2.05) is 49.8 Å². The highest BCUT2D eigenvalue weighted by molar-refractivity contribution is 5.68. The molecule has 30 heavy (non-hydrogen) atoms. The maximum atomic E-state index is 6.04. The Balaban J connectivity index is 1.36. The lowest BCUT2D eigenvalue weighted by atomic mass is 10.1. The van der Waals surface area contributed by atoms with E-state index in [9.17, 15) is 0 Å². The van der Waals surface area contributed by atoms with Crippen LogP contribution in [0.2, 0.25) is 0 Å². The van der Waals surface area contributed by atoms with Gasteiger partial charge in [0.15, 0.2) is 0 Å². The normalized spacial score (nSPS) is 11.1.